The third kappa shape index (κ3) is 2.66. The van der Waals surface area contributed by atoms with Crippen LogP contribution in [-0.4, -0.2) is 39.0 Å². The molecule has 2 fully saturated rings. The van der Waals surface area contributed by atoms with Gasteiger partial charge in [-0.1, -0.05) is 0 Å². The number of piperidine rings is 1. The molecule has 0 aromatic heterocycles. The van der Waals surface area contributed by atoms with Gasteiger partial charge in [-0.05, 0) is 38.3 Å². The van der Waals surface area contributed by atoms with Gasteiger partial charge >= 0.3 is 0 Å². The molecule has 76 valence electrons. The Morgan fingerprint density at radius 3 is 2.77 bits per heavy atom. The molecule has 2 aliphatic heterocycles. The van der Waals surface area contributed by atoms with Gasteiger partial charge in [-0.3, -0.25) is 0 Å². The van der Waals surface area contributed by atoms with Crippen LogP contribution in [0.25, 0.3) is 0 Å². The Bertz CT molecular complexity index is 157. The number of rotatable bonds is 4. The number of ether oxygens (including phenoxy) is 2. The van der Waals surface area contributed by atoms with Gasteiger partial charge in [-0.25, -0.2) is 0 Å². The summed E-state index contributed by atoms with van der Waals surface area (Å²) in [5.41, 5.74) is 0. The van der Waals surface area contributed by atoms with Crippen molar-refractivity contribution in [3.8, 4) is 0 Å². The molecule has 2 rings (SSSR count). The quantitative estimate of drug-likeness (QED) is 0.657. The van der Waals surface area contributed by atoms with Crippen molar-refractivity contribution in [3.05, 3.63) is 0 Å². The third-order valence-corrected chi connectivity index (χ3v) is 3.04. The molecule has 2 heterocycles. The molecule has 2 atom stereocenters. The minimum absolute atomic E-state index is 0.403. The predicted octanol–water partition coefficient (Wildman–Crippen LogP) is 0.790. The van der Waals surface area contributed by atoms with Crippen molar-refractivity contribution in [2.45, 2.75) is 31.5 Å². The van der Waals surface area contributed by atoms with Gasteiger partial charge in [-0.2, -0.15) is 0 Å². The first-order valence-electron chi connectivity index (χ1n) is 5.25. The van der Waals surface area contributed by atoms with E-state index in [9.17, 15) is 0 Å². The monoisotopic (exact) mass is 185 g/mol. The van der Waals surface area contributed by atoms with Gasteiger partial charge < -0.3 is 14.8 Å². The molecular formula is C10H19NO2. The SMILES string of the molecule is COC[C@@H]1O[C@H]1CC1CCNCC1. The summed E-state index contributed by atoms with van der Waals surface area (Å²) in [6.07, 6.45) is 4.79. The van der Waals surface area contributed by atoms with Crippen molar-refractivity contribution < 1.29 is 9.47 Å². The highest BCUT2D eigenvalue weighted by Gasteiger charge is 2.39. The summed E-state index contributed by atoms with van der Waals surface area (Å²) in [5, 5.41) is 3.38. The van der Waals surface area contributed by atoms with Crippen molar-refractivity contribution in [1.29, 1.82) is 0 Å². The van der Waals surface area contributed by atoms with Gasteiger partial charge in [0.1, 0.15) is 6.10 Å². The maximum atomic E-state index is 5.51. The van der Waals surface area contributed by atoms with E-state index in [1.54, 1.807) is 7.11 Å². The van der Waals surface area contributed by atoms with Gasteiger partial charge in [0.05, 0.1) is 12.7 Å². The second kappa shape index (κ2) is 4.40. The van der Waals surface area contributed by atoms with Crippen LogP contribution in [0, 0.1) is 5.92 Å². The van der Waals surface area contributed by atoms with Crippen LogP contribution in [0.2, 0.25) is 0 Å². The van der Waals surface area contributed by atoms with Crippen LogP contribution in [0.4, 0.5) is 0 Å². The summed E-state index contributed by atoms with van der Waals surface area (Å²) in [6, 6.07) is 0. The van der Waals surface area contributed by atoms with E-state index in [4.69, 9.17) is 9.47 Å². The summed E-state index contributed by atoms with van der Waals surface area (Å²) in [4.78, 5) is 0. The second-order valence-electron chi connectivity index (χ2n) is 4.10. The Labute approximate surface area is 79.8 Å². The minimum Gasteiger partial charge on any atom is -0.382 e. The summed E-state index contributed by atoms with van der Waals surface area (Å²) < 4.78 is 10.6. The van der Waals surface area contributed by atoms with Crippen molar-refractivity contribution in [2.75, 3.05) is 26.8 Å². The largest absolute Gasteiger partial charge is 0.382 e. The zero-order chi connectivity index (χ0) is 9.10. The van der Waals surface area contributed by atoms with E-state index in [1.165, 1.54) is 32.4 Å². The second-order valence-corrected chi connectivity index (χ2v) is 4.10. The van der Waals surface area contributed by atoms with Crippen LogP contribution < -0.4 is 5.32 Å². The Hall–Kier alpha value is -0.120. The van der Waals surface area contributed by atoms with Gasteiger partial charge in [-0.15, -0.1) is 0 Å². The molecule has 0 bridgehead atoms. The van der Waals surface area contributed by atoms with Gasteiger partial charge in [0.25, 0.3) is 0 Å². The summed E-state index contributed by atoms with van der Waals surface area (Å²) in [6.45, 7) is 3.15. The molecule has 3 heteroatoms. The number of hydrogen-bond donors (Lipinski definition) is 1. The maximum absolute atomic E-state index is 5.51. The number of nitrogens with one attached hydrogen (secondary N) is 1. The fourth-order valence-electron chi connectivity index (χ4n) is 2.14. The first-order valence-corrected chi connectivity index (χ1v) is 5.25. The van der Waals surface area contributed by atoms with E-state index in [0.717, 1.165) is 12.5 Å². The van der Waals surface area contributed by atoms with E-state index >= 15 is 0 Å². The molecule has 0 amide bonds. The summed E-state index contributed by atoms with van der Waals surface area (Å²) in [5.74, 6) is 0.883. The molecular weight excluding hydrogens is 166 g/mol. The van der Waals surface area contributed by atoms with Crippen molar-refractivity contribution in [1.82, 2.24) is 5.32 Å². The highest BCUT2D eigenvalue weighted by molar-refractivity contribution is 4.87. The van der Waals surface area contributed by atoms with Crippen molar-refractivity contribution in [2.24, 2.45) is 5.92 Å². The zero-order valence-electron chi connectivity index (χ0n) is 8.29. The van der Waals surface area contributed by atoms with E-state index in [0.29, 0.717) is 12.2 Å². The molecule has 2 aliphatic rings. The molecule has 0 spiro atoms. The molecule has 1 N–H and O–H groups in total. The lowest BCUT2D eigenvalue weighted by Crippen LogP contribution is -2.28. The maximum Gasteiger partial charge on any atom is 0.107 e. The Morgan fingerprint density at radius 2 is 2.08 bits per heavy atom. The Morgan fingerprint density at radius 1 is 1.31 bits per heavy atom. The van der Waals surface area contributed by atoms with Crippen molar-refractivity contribution in [3.63, 3.8) is 0 Å². The molecule has 0 radical (unpaired) electrons. The van der Waals surface area contributed by atoms with Crippen LogP contribution in [0.3, 0.4) is 0 Å². The standard InChI is InChI=1S/C10H19NO2/c1-12-7-10-9(13-10)6-8-2-4-11-5-3-8/h8-11H,2-7H2,1H3/t9-,10-/m0/s1. The zero-order valence-corrected chi connectivity index (χ0v) is 8.29. The average Bonchev–Trinajstić information content (AvgIpc) is 2.86. The topological polar surface area (TPSA) is 33.8 Å². The lowest BCUT2D eigenvalue weighted by atomic mass is 9.92. The summed E-state index contributed by atoms with van der Waals surface area (Å²) >= 11 is 0. The first kappa shape index (κ1) is 9.44. The van der Waals surface area contributed by atoms with Gasteiger partial charge in [0.15, 0.2) is 0 Å². The van der Waals surface area contributed by atoms with Crippen LogP contribution in [0.15, 0.2) is 0 Å². The van der Waals surface area contributed by atoms with E-state index in [2.05, 4.69) is 5.32 Å². The normalized spacial score (nSPS) is 34.8. The fraction of sp³-hybridized carbons (Fsp3) is 1.00. The number of hydrogen-bond acceptors (Lipinski definition) is 3. The van der Waals surface area contributed by atoms with E-state index in [-0.39, 0.29) is 0 Å². The smallest absolute Gasteiger partial charge is 0.107 e. The molecule has 3 nitrogen and oxygen atoms in total. The van der Waals surface area contributed by atoms with Crippen LogP contribution in [0.1, 0.15) is 19.3 Å². The molecule has 0 aromatic carbocycles. The number of epoxide rings is 1. The molecule has 0 saturated carbocycles. The molecule has 0 aliphatic carbocycles. The van der Waals surface area contributed by atoms with Gasteiger partial charge in [0, 0.05) is 7.11 Å². The van der Waals surface area contributed by atoms with Crippen LogP contribution in [-0.2, 0) is 9.47 Å². The number of methoxy groups -OCH3 is 1. The minimum atomic E-state index is 0.403. The van der Waals surface area contributed by atoms with Crippen LogP contribution in [0.5, 0.6) is 0 Å². The predicted molar refractivity (Wildman–Crippen MR) is 50.7 cm³/mol. The van der Waals surface area contributed by atoms with E-state index < -0.39 is 0 Å². The van der Waals surface area contributed by atoms with Crippen molar-refractivity contribution >= 4 is 0 Å². The highest BCUT2D eigenvalue weighted by Crippen LogP contribution is 2.31. The molecule has 13 heavy (non-hydrogen) atoms. The van der Waals surface area contributed by atoms with E-state index in [1.807, 2.05) is 0 Å². The Balaban J connectivity index is 1.62. The molecule has 0 unspecified atom stereocenters. The molecule has 2 saturated heterocycles. The molecule has 0 aromatic rings. The first-order chi connectivity index (χ1) is 6.40. The fourth-order valence-corrected chi connectivity index (χ4v) is 2.14. The summed E-state index contributed by atoms with van der Waals surface area (Å²) in [7, 11) is 1.74. The lowest BCUT2D eigenvalue weighted by molar-refractivity contribution is 0.171. The highest BCUT2D eigenvalue weighted by atomic mass is 16.6. The lowest BCUT2D eigenvalue weighted by Gasteiger charge is -2.21. The third-order valence-electron chi connectivity index (χ3n) is 3.04. The van der Waals surface area contributed by atoms with Crippen LogP contribution >= 0.6 is 0 Å². The Kier molecular flexibility index (Phi) is 3.19. The average molecular weight is 185 g/mol. The van der Waals surface area contributed by atoms with Gasteiger partial charge in [0.2, 0.25) is 0 Å².